The van der Waals surface area contributed by atoms with Crippen molar-refractivity contribution in [2.75, 3.05) is 0 Å². The molecule has 0 radical (unpaired) electrons. The standard InChI is InChI=1S/C17H29NO4/c1-17(2,3)22-16(20)18-13(14-9-10-15(19)21-14)11-12-7-5-4-6-8-12/h12-14H,4-11H2,1-3H3,(H,18,20)/t13-,14-/m1/s1. The van der Waals surface area contributed by atoms with Crippen molar-refractivity contribution < 1.29 is 19.1 Å². The number of cyclic esters (lactones) is 1. The van der Waals surface area contributed by atoms with Gasteiger partial charge in [-0.2, -0.15) is 0 Å². The second-order valence-corrected chi connectivity index (χ2v) is 7.56. The van der Waals surface area contributed by atoms with Crippen LogP contribution in [-0.4, -0.2) is 29.8 Å². The average Bonchev–Trinajstić information content (AvgIpc) is 2.84. The highest BCUT2D eigenvalue weighted by Crippen LogP contribution is 2.30. The Balaban J connectivity index is 1.94. The number of amides is 1. The minimum Gasteiger partial charge on any atom is -0.460 e. The van der Waals surface area contributed by atoms with E-state index in [9.17, 15) is 9.59 Å². The van der Waals surface area contributed by atoms with Crippen LogP contribution in [0.15, 0.2) is 0 Å². The van der Waals surface area contributed by atoms with Gasteiger partial charge in [0.05, 0.1) is 6.04 Å². The lowest BCUT2D eigenvalue weighted by Crippen LogP contribution is -2.46. The maximum atomic E-state index is 12.1. The van der Waals surface area contributed by atoms with Crippen LogP contribution in [0.3, 0.4) is 0 Å². The molecule has 0 aromatic carbocycles. The Hall–Kier alpha value is -1.26. The maximum absolute atomic E-state index is 12.1. The molecule has 0 aromatic heterocycles. The number of hydrogen-bond acceptors (Lipinski definition) is 4. The number of ether oxygens (including phenoxy) is 2. The quantitative estimate of drug-likeness (QED) is 0.806. The van der Waals surface area contributed by atoms with Gasteiger partial charge in [-0.15, -0.1) is 0 Å². The summed E-state index contributed by atoms with van der Waals surface area (Å²) in [6.45, 7) is 5.54. The third-order valence-corrected chi connectivity index (χ3v) is 4.38. The molecule has 1 saturated carbocycles. The van der Waals surface area contributed by atoms with Crippen LogP contribution in [0.25, 0.3) is 0 Å². The molecule has 2 fully saturated rings. The number of esters is 1. The van der Waals surface area contributed by atoms with E-state index in [1.165, 1.54) is 32.1 Å². The molecule has 0 aromatic rings. The molecule has 1 amide bonds. The van der Waals surface area contributed by atoms with E-state index >= 15 is 0 Å². The van der Waals surface area contributed by atoms with E-state index in [0.29, 0.717) is 18.8 Å². The van der Waals surface area contributed by atoms with Crippen LogP contribution in [0.4, 0.5) is 4.79 Å². The average molecular weight is 311 g/mol. The summed E-state index contributed by atoms with van der Waals surface area (Å²) in [6.07, 6.45) is 7.60. The molecule has 1 saturated heterocycles. The van der Waals surface area contributed by atoms with Gasteiger partial charge < -0.3 is 14.8 Å². The molecule has 0 bridgehead atoms. The van der Waals surface area contributed by atoms with Crippen molar-refractivity contribution in [3.05, 3.63) is 0 Å². The summed E-state index contributed by atoms with van der Waals surface area (Å²) in [5.41, 5.74) is -0.522. The van der Waals surface area contributed by atoms with Crippen molar-refractivity contribution >= 4 is 12.1 Å². The van der Waals surface area contributed by atoms with Crippen LogP contribution in [0.5, 0.6) is 0 Å². The summed E-state index contributed by atoms with van der Waals surface area (Å²) < 4.78 is 10.7. The molecule has 126 valence electrons. The van der Waals surface area contributed by atoms with Gasteiger partial charge in [0.1, 0.15) is 11.7 Å². The minimum absolute atomic E-state index is 0.135. The number of nitrogens with one attached hydrogen (secondary N) is 1. The smallest absolute Gasteiger partial charge is 0.408 e. The van der Waals surface area contributed by atoms with Crippen molar-refractivity contribution in [2.45, 2.75) is 89.9 Å². The summed E-state index contributed by atoms with van der Waals surface area (Å²) in [4.78, 5) is 23.5. The molecule has 1 heterocycles. The molecule has 1 aliphatic carbocycles. The van der Waals surface area contributed by atoms with E-state index in [0.717, 1.165) is 6.42 Å². The molecule has 1 N–H and O–H groups in total. The first kappa shape index (κ1) is 17.1. The van der Waals surface area contributed by atoms with Crippen LogP contribution < -0.4 is 5.32 Å². The number of alkyl carbamates (subject to hydrolysis) is 1. The monoisotopic (exact) mass is 311 g/mol. The zero-order chi connectivity index (χ0) is 16.2. The van der Waals surface area contributed by atoms with Crippen molar-refractivity contribution in [1.29, 1.82) is 0 Å². The first-order chi connectivity index (χ1) is 10.3. The van der Waals surface area contributed by atoms with Crippen molar-refractivity contribution in [2.24, 2.45) is 5.92 Å². The molecule has 1 aliphatic heterocycles. The molecule has 5 heteroatoms. The molecule has 5 nitrogen and oxygen atoms in total. The van der Waals surface area contributed by atoms with Gasteiger partial charge >= 0.3 is 12.1 Å². The van der Waals surface area contributed by atoms with Crippen LogP contribution in [0.2, 0.25) is 0 Å². The fourth-order valence-electron chi connectivity index (χ4n) is 3.37. The lowest BCUT2D eigenvalue weighted by molar-refractivity contribution is -0.142. The highest BCUT2D eigenvalue weighted by atomic mass is 16.6. The van der Waals surface area contributed by atoms with Crippen LogP contribution >= 0.6 is 0 Å². The van der Waals surface area contributed by atoms with Gasteiger partial charge in [-0.1, -0.05) is 32.1 Å². The number of carbonyl (C=O) groups excluding carboxylic acids is 2. The number of hydrogen-bond donors (Lipinski definition) is 1. The second-order valence-electron chi connectivity index (χ2n) is 7.56. The van der Waals surface area contributed by atoms with Crippen molar-refractivity contribution in [3.8, 4) is 0 Å². The molecular formula is C17H29NO4. The molecule has 22 heavy (non-hydrogen) atoms. The minimum atomic E-state index is -0.522. The Labute approximate surface area is 133 Å². The molecule has 0 unspecified atom stereocenters. The van der Waals surface area contributed by atoms with Crippen molar-refractivity contribution in [1.82, 2.24) is 5.32 Å². The second kappa shape index (κ2) is 7.34. The predicted molar refractivity (Wildman–Crippen MR) is 83.5 cm³/mol. The van der Waals surface area contributed by atoms with Crippen molar-refractivity contribution in [3.63, 3.8) is 0 Å². The van der Waals surface area contributed by atoms with Crippen LogP contribution in [0, 0.1) is 5.92 Å². The maximum Gasteiger partial charge on any atom is 0.408 e. The van der Waals surface area contributed by atoms with Gasteiger partial charge in [-0.3, -0.25) is 4.79 Å². The van der Waals surface area contributed by atoms with Crippen LogP contribution in [-0.2, 0) is 14.3 Å². The van der Waals surface area contributed by atoms with E-state index in [1.54, 1.807) is 0 Å². The Morgan fingerprint density at radius 1 is 1.27 bits per heavy atom. The van der Waals surface area contributed by atoms with E-state index < -0.39 is 11.7 Å². The zero-order valence-corrected chi connectivity index (χ0v) is 14.0. The van der Waals surface area contributed by atoms with Crippen LogP contribution in [0.1, 0.15) is 72.1 Å². The summed E-state index contributed by atoms with van der Waals surface area (Å²) in [6, 6.07) is -0.135. The molecule has 2 atom stereocenters. The Bertz CT molecular complexity index is 396. The fraction of sp³-hybridized carbons (Fsp3) is 0.882. The lowest BCUT2D eigenvalue weighted by Gasteiger charge is -2.30. The molecular weight excluding hydrogens is 282 g/mol. The SMILES string of the molecule is CC(C)(C)OC(=O)N[C@H](CC1CCCCC1)[C@H]1CCC(=O)O1. The Kier molecular flexibility index (Phi) is 5.70. The zero-order valence-electron chi connectivity index (χ0n) is 14.0. The van der Waals surface area contributed by atoms with Gasteiger partial charge in [0.15, 0.2) is 0 Å². The molecule has 0 spiro atoms. The van der Waals surface area contributed by atoms with Gasteiger partial charge in [0.25, 0.3) is 0 Å². The van der Waals surface area contributed by atoms with Gasteiger partial charge in [0.2, 0.25) is 0 Å². The summed E-state index contributed by atoms with van der Waals surface area (Å²) in [5.74, 6) is 0.442. The summed E-state index contributed by atoms with van der Waals surface area (Å²) >= 11 is 0. The normalized spacial score (nSPS) is 24.7. The fourth-order valence-corrected chi connectivity index (χ4v) is 3.37. The Morgan fingerprint density at radius 2 is 1.95 bits per heavy atom. The third kappa shape index (κ3) is 5.50. The number of rotatable bonds is 4. The van der Waals surface area contributed by atoms with Gasteiger partial charge in [0, 0.05) is 6.42 Å². The van der Waals surface area contributed by atoms with E-state index in [4.69, 9.17) is 9.47 Å². The molecule has 2 aliphatic rings. The van der Waals surface area contributed by atoms with E-state index in [1.807, 2.05) is 20.8 Å². The predicted octanol–water partition coefficient (Wildman–Crippen LogP) is 3.56. The highest BCUT2D eigenvalue weighted by molar-refractivity contribution is 5.72. The first-order valence-electron chi connectivity index (χ1n) is 8.52. The van der Waals surface area contributed by atoms with Gasteiger partial charge in [-0.25, -0.2) is 4.79 Å². The largest absolute Gasteiger partial charge is 0.460 e. The highest BCUT2D eigenvalue weighted by Gasteiger charge is 2.34. The molecule has 2 rings (SSSR count). The van der Waals surface area contributed by atoms with E-state index in [-0.39, 0.29) is 18.1 Å². The third-order valence-electron chi connectivity index (χ3n) is 4.38. The first-order valence-corrected chi connectivity index (χ1v) is 8.52. The topological polar surface area (TPSA) is 64.6 Å². The number of carbonyl (C=O) groups is 2. The van der Waals surface area contributed by atoms with Gasteiger partial charge in [-0.05, 0) is 39.5 Å². The lowest BCUT2D eigenvalue weighted by atomic mass is 9.83. The van der Waals surface area contributed by atoms with E-state index in [2.05, 4.69) is 5.32 Å². The summed E-state index contributed by atoms with van der Waals surface area (Å²) in [7, 11) is 0. The summed E-state index contributed by atoms with van der Waals surface area (Å²) in [5, 5.41) is 2.94. The Morgan fingerprint density at radius 3 is 2.50 bits per heavy atom.